The zero-order valence-corrected chi connectivity index (χ0v) is 14.9. The summed E-state index contributed by atoms with van der Waals surface area (Å²) in [5.41, 5.74) is 0.883. The van der Waals surface area contributed by atoms with E-state index >= 15 is 0 Å². The lowest BCUT2D eigenvalue weighted by atomic mass is 9.97. The van der Waals surface area contributed by atoms with Crippen molar-refractivity contribution in [1.29, 1.82) is 0 Å². The molecular formula is C18H31NO3. The highest BCUT2D eigenvalue weighted by atomic mass is 16.5. The first-order valence-corrected chi connectivity index (χ1v) is 8.65. The van der Waals surface area contributed by atoms with Gasteiger partial charge < -0.3 is 9.47 Å². The van der Waals surface area contributed by atoms with Crippen LogP contribution in [0.3, 0.4) is 0 Å². The minimum absolute atomic E-state index is 0.00211. The molecule has 0 spiro atoms. The van der Waals surface area contributed by atoms with Crippen molar-refractivity contribution in [3.8, 4) is 0 Å². The maximum absolute atomic E-state index is 12.1. The van der Waals surface area contributed by atoms with Crippen molar-refractivity contribution in [3.05, 3.63) is 11.6 Å². The van der Waals surface area contributed by atoms with Gasteiger partial charge in [-0.1, -0.05) is 13.8 Å². The fourth-order valence-corrected chi connectivity index (χ4v) is 3.63. The maximum Gasteiger partial charge on any atom is 0.333 e. The molecule has 1 fully saturated rings. The standard InChI is InChI=1S/C18H31NO3/c1-7-13(8-2)22-15-11-12(17(20)21-9-3)10-14-16(15)19(14)18(4,5)6/h11,13-16H,7-10H2,1-6H3/t14-,15+,16-,19?/m1/s1. The van der Waals surface area contributed by atoms with Crippen molar-refractivity contribution >= 4 is 5.97 Å². The smallest absolute Gasteiger partial charge is 0.333 e. The van der Waals surface area contributed by atoms with Gasteiger partial charge in [0.05, 0.1) is 24.9 Å². The molecule has 0 aromatic carbocycles. The number of carbonyl (C=O) groups excluding carboxylic acids is 1. The first-order valence-electron chi connectivity index (χ1n) is 8.65. The Morgan fingerprint density at radius 3 is 2.45 bits per heavy atom. The molecule has 126 valence electrons. The van der Waals surface area contributed by atoms with Crippen LogP contribution in [0, 0.1) is 0 Å². The summed E-state index contributed by atoms with van der Waals surface area (Å²) in [4.78, 5) is 14.6. The number of hydrogen-bond donors (Lipinski definition) is 0. The van der Waals surface area contributed by atoms with Crippen molar-refractivity contribution in [2.75, 3.05) is 6.61 Å². The van der Waals surface area contributed by atoms with Gasteiger partial charge in [0.15, 0.2) is 0 Å². The van der Waals surface area contributed by atoms with E-state index in [1.54, 1.807) is 0 Å². The van der Waals surface area contributed by atoms with Gasteiger partial charge >= 0.3 is 5.97 Å². The minimum atomic E-state index is -0.181. The number of fused-ring (bicyclic) bond motifs is 1. The first kappa shape index (κ1) is 17.5. The van der Waals surface area contributed by atoms with Gasteiger partial charge in [0.25, 0.3) is 0 Å². The predicted molar refractivity (Wildman–Crippen MR) is 87.7 cm³/mol. The Bertz CT molecular complexity index is 434. The third-order valence-electron chi connectivity index (χ3n) is 4.69. The molecule has 0 saturated carbocycles. The molecule has 1 aliphatic carbocycles. The van der Waals surface area contributed by atoms with E-state index in [0.717, 1.165) is 24.8 Å². The molecule has 2 rings (SSSR count). The molecule has 0 N–H and O–H groups in total. The maximum atomic E-state index is 12.1. The Hall–Kier alpha value is -0.870. The largest absolute Gasteiger partial charge is 0.463 e. The predicted octanol–water partition coefficient (Wildman–Crippen LogP) is 3.30. The molecular weight excluding hydrogens is 278 g/mol. The second kappa shape index (κ2) is 6.71. The normalized spacial score (nSPS) is 30.8. The number of esters is 1. The second-order valence-corrected chi connectivity index (χ2v) is 7.29. The molecule has 0 aromatic heterocycles. The van der Waals surface area contributed by atoms with Gasteiger partial charge in [0, 0.05) is 17.2 Å². The van der Waals surface area contributed by atoms with Crippen LogP contribution in [-0.2, 0) is 14.3 Å². The summed E-state index contributed by atoms with van der Waals surface area (Å²) in [7, 11) is 0. The molecule has 2 aliphatic rings. The second-order valence-electron chi connectivity index (χ2n) is 7.29. The Labute approximate surface area is 134 Å². The van der Waals surface area contributed by atoms with Crippen LogP contribution in [0.2, 0.25) is 0 Å². The van der Waals surface area contributed by atoms with Gasteiger partial charge in [-0.2, -0.15) is 0 Å². The average molecular weight is 309 g/mol. The van der Waals surface area contributed by atoms with Crippen LogP contribution in [0.15, 0.2) is 11.6 Å². The van der Waals surface area contributed by atoms with E-state index in [1.165, 1.54) is 0 Å². The highest BCUT2D eigenvalue weighted by molar-refractivity contribution is 5.89. The van der Waals surface area contributed by atoms with Gasteiger partial charge in [0.1, 0.15) is 0 Å². The first-order chi connectivity index (χ1) is 10.3. The number of carbonyl (C=O) groups is 1. The number of nitrogens with zero attached hydrogens (tertiary/aromatic N) is 1. The molecule has 1 heterocycles. The molecule has 1 aliphatic heterocycles. The topological polar surface area (TPSA) is 38.5 Å². The highest BCUT2D eigenvalue weighted by Crippen LogP contribution is 2.47. The summed E-state index contributed by atoms with van der Waals surface area (Å²) in [6, 6.07) is 0.808. The molecule has 4 nitrogen and oxygen atoms in total. The molecule has 0 amide bonds. The average Bonchev–Trinajstić information content (AvgIpc) is 3.19. The summed E-state index contributed by atoms with van der Waals surface area (Å²) < 4.78 is 11.5. The van der Waals surface area contributed by atoms with E-state index in [4.69, 9.17) is 9.47 Å². The third kappa shape index (κ3) is 3.54. The number of hydrogen-bond acceptors (Lipinski definition) is 4. The fraction of sp³-hybridized carbons (Fsp3) is 0.833. The molecule has 4 atom stereocenters. The summed E-state index contributed by atoms with van der Waals surface area (Å²) in [5.74, 6) is -0.181. The van der Waals surface area contributed by atoms with Crippen LogP contribution in [0.25, 0.3) is 0 Å². The van der Waals surface area contributed by atoms with E-state index in [2.05, 4.69) is 39.5 Å². The van der Waals surface area contributed by atoms with Crippen molar-refractivity contribution in [3.63, 3.8) is 0 Å². The SMILES string of the molecule is CCOC(=O)C1=C[C@H](OC(CC)CC)[C@H]2[C@@H](C1)N2C(C)(C)C. The van der Waals surface area contributed by atoms with E-state index in [1.807, 2.05) is 13.0 Å². The lowest BCUT2D eigenvalue weighted by Crippen LogP contribution is -2.34. The van der Waals surface area contributed by atoms with Gasteiger partial charge in [-0.05, 0) is 53.0 Å². The van der Waals surface area contributed by atoms with Crippen molar-refractivity contribution in [2.45, 2.75) is 90.6 Å². The fourth-order valence-electron chi connectivity index (χ4n) is 3.63. The van der Waals surface area contributed by atoms with Crippen molar-refractivity contribution in [2.24, 2.45) is 0 Å². The van der Waals surface area contributed by atoms with Gasteiger partial charge in [-0.25, -0.2) is 4.79 Å². The molecule has 0 aromatic rings. The summed E-state index contributed by atoms with van der Waals surface area (Å²) in [6.45, 7) is 13.3. The summed E-state index contributed by atoms with van der Waals surface area (Å²) in [6.07, 6.45) is 5.06. The third-order valence-corrected chi connectivity index (χ3v) is 4.69. The Balaban J connectivity index is 2.17. The summed E-state index contributed by atoms with van der Waals surface area (Å²) >= 11 is 0. The quantitative estimate of drug-likeness (QED) is 0.557. The van der Waals surface area contributed by atoms with Crippen LogP contribution in [0.5, 0.6) is 0 Å². The van der Waals surface area contributed by atoms with Gasteiger partial charge in [0.2, 0.25) is 0 Å². The highest BCUT2D eigenvalue weighted by Gasteiger charge is 2.59. The Morgan fingerprint density at radius 2 is 1.95 bits per heavy atom. The monoisotopic (exact) mass is 309 g/mol. The van der Waals surface area contributed by atoms with Crippen LogP contribution in [-0.4, -0.2) is 47.3 Å². The number of rotatable bonds is 6. The Kier molecular flexibility index (Phi) is 5.33. The van der Waals surface area contributed by atoms with Gasteiger partial charge in [-0.3, -0.25) is 4.90 Å². The Morgan fingerprint density at radius 1 is 1.32 bits per heavy atom. The minimum Gasteiger partial charge on any atom is -0.463 e. The van der Waals surface area contributed by atoms with E-state index in [0.29, 0.717) is 18.7 Å². The molecule has 1 saturated heterocycles. The summed E-state index contributed by atoms with van der Waals surface area (Å²) in [5, 5.41) is 0. The molecule has 0 bridgehead atoms. The lowest BCUT2D eigenvalue weighted by molar-refractivity contribution is -0.138. The lowest BCUT2D eigenvalue weighted by Gasteiger charge is -2.26. The van der Waals surface area contributed by atoms with Gasteiger partial charge in [-0.15, -0.1) is 0 Å². The van der Waals surface area contributed by atoms with E-state index < -0.39 is 0 Å². The zero-order valence-electron chi connectivity index (χ0n) is 14.9. The van der Waals surface area contributed by atoms with Crippen LogP contribution in [0.4, 0.5) is 0 Å². The van der Waals surface area contributed by atoms with Crippen molar-refractivity contribution in [1.82, 2.24) is 4.90 Å². The van der Waals surface area contributed by atoms with E-state index in [-0.39, 0.29) is 23.7 Å². The van der Waals surface area contributed by atoms with Crippen LogP contribution >= 0.6 is 0 Å². The molecule has 1 unspecified atom stereocenters. The van der Waals surface area contributed by atoms with Crippen molar-refractivity contribution < 1.29 is 14.3 Å². The van der Waals surface area contributed by atoms with Crippen LogP contribution in [0.1, 0.15) is 60.8 Å². The zero-order chi connectivity index (χ0) is 16.5. The van der Waals surface area contributed by atoms with E-state index in [9.17, 15) is 4.79 Å². The molecule has 22 heavy (non-hydrogen) atoms. The van der Waals surface area contributed by atoms with Crippen LogP contribution < -0.4 is 0 Å². The molecule has 4 heteroatoms. The molecule has 0 radical (unpaired) electrons. The number of ether oxygens (including phenoxy) is 2.